The molecule has 124 valence electrons. The van der Waals surface area contributed by atoms with Gasteiger partial charge in [0.2, 0.25) is 6.41 Å². The van der Waals surface area contributed by atoms with Crippen LogP contribution < -0.4 is 10.6 Å². The standard InChI is InChI=1S/C15H24N2O5/c1-15(2,3)22-13(19)7-11(14(20)21-4)17-12(8-16-9-18)10-5-6-10/h9,11,17H,5-8H2,1-4H3,(H,16,18). The first-order valence-corrected chi connectivity index (χ1v) is 7.21. The molecule has 1 saturated carbocycles. The van der Waals surface area contributed by atoms with Gasteiger partial charge in [0, 0.05) is 5.70 Å². The van der Waals surface area contributed by atoms with Crippen molar-refractivity contribution in [2.75, 3.05) is 13.7 Å². The van der Waals surface area contributed by atoms with E-state index in [0.717, 1.165) is 24.1 Å². The molecule has 0 radical (unpaired) electrons. The second-order valence-electron chi connectivity index (χ2n) is 6.09. The molecule has 7 heteroatoms. The highest BCUT2D eigenvalue weighted by Crippen LogP contribution is 2.30. The van der Waals surface area contributed by atoms with E-state index in [0.29, 0.717) is 13.0 Å². The normalized spacial score (nSPS) is 14.6. The van der Waals surface area contributed by atoms with Crippen LogP contribution in [0.4, 0.5) is 0 Å². The van der Waals surface area contributed by atoms with Crippen LogP contribution in [0, 0.1) is 0 Å². The van der Waals surface area contributed by atoms with Crippen LogP contribution in [0.2, 0.25) is 0 Å². The summed E-state index contributed by atoms with van der Waals surface area (Å²) in [5.41, 5.74) is 1.27. The molecular weight excluding hydrogens is 288 g/mol. The maximum atomic E-state index is 11.9. The molecule has 7 nitrogen and oxygen atoms in total. The van der Waals surface area contributed by atoms with E-state index >= 15 is 0 Å². The third-order valence-electron chi connectivity index (χ3n) is 2.91. The fraction of sp³-hybridized carbons (Fsp3) is 0.667. The first-order chi connectivity index (χ1) is 10.3. The number of hydrogen-bond acceptors (Lipinski definition) is 6. The second kappa shape index (κ2) is 7.82. The average molecular weight is 312 g/mol. The van der Waals surface area contributed by atoms with Crippen LogP contribution >= 0.6 is 0 Å². The van der Waals surface area contributed by atoms with Gasteiger partial charge in [-0.2, -0.15) is 0 Å². The van der Waals surface area contributed by atoms with Gasteiger partial charge < -0.3 is 20.1 Å². The Morgan fingerprint density at radius 1 is 1.32 bits per heavy atom. The number of allylic oxidation sites excluding steroid dienone is 1. The SMILES string of the molecule is COC(=O)C(CC(=O)OC(C)(C)C)NC(CNC=O)=C1CC1. The summed E-state index contributed by atoms with van der Waals surface area (Å²) in [6, 6.07) is -0.837. The Labute approximate surface area is 130 Å². The summed E-state index contributed by atoms with van der Waals surface area (Å²) in [6.45, 7) is 5.58. The third kappa shape index (κ3) is 6.60. The molecule has 1 atom stereocenters. The molecule has 0 saturated heterocycles. The van der Waals surface area contributed by atoms with Gasteiger partial charge in [-0.25, -0.2) is 4.79 Å². The fourth-order valence-electron chi connectivity index (χ4n) is 1.88. The number of rotatable bonds is 8. The summed E-state index contributed by atoms with van der Waals surface area (Å²) < 4.78 is 9.95. The number of esters is 2. The van der Waals surface area contributed by atoms with Gasteiger partial charge in [-0.3, -0.25) is 9.59 Å². The topological polar surface area (TPSA) is 93.7 Å². The Bertz CT molecular complexity index is 459. The van der Waals surface area contributed by atoms with Gasteiger partial charge in [-0.05, 0) is 39.2 Å². The molecule has 1 aliphatic carbocycles. The van der Waals surface area contributed by atoms with Crippen molar-refractivity contribution in [1.29, 1.82) is 0 Å². The van der Waals surface area contributed by atoms with Crippen molar-refractivity contribution >= 4 is 18.3 Å². The molecule has 0 aliphatic heterocycles. The zero-order chi connectivity index (χ0) is 16.8. The lowest BCUT2D eigenvalue weighted by Gasteiger charge is -2.23. The van der Waals surface area contributed by atoms with Gasteiger partial charge >= 0.3 is 11.9 Å². The van der Waals surface area contributed by atoms with Gasteiger partial charge in [-0.15, -0.1) is 0 Å². The van der Waals surface area contributed by atoms with E-state index in [1.165, 1.54) is 7.11 Å². The van der Waals surface area contributed by atoms with E-state index in [1.807, 2.05) is 0 Å². The quantitative estimate of drug-likeness (QED) is 0.505. The molecule has 0 heterocycles. The predicted molar refractivity (Wildman–Crippen MR) is 79.7 cm³/mol. The highest BCUT2D eigenvalue weighted by Gasteiger charge is 2.28. The fourth-order valence-corrected chi connectivity index (χ4v) is 1.88. The van der Waals surface area contributed by atoms with Crippen LogP contribution in [-0.2, 0) is 23.9 Å². The minimum atomic E-state index is -0.837. The lowest BCUT2D eigenvalue weighted by molar-refractivity contribution is -0.158. The Hall–Kier alpha value is -2.05. The minimum Gasteiger partial charge on any atom is -0.467 e. The van der Waals surface area contributed by atoms with Crippen LogP contribution in [0.1, 0.15) is 40.0 Å². The number of methoxy groups -OCH3 is 1. The van der Waals surface area contributed by atoms with E-state index in [-0.39, 0.29) is 6.42 Å². The zero-order valence-corrected chi connectivity index (χ0v) is 13.5. The summed E-state index contributed by atoms with van der Waals surface area (Å²) in [5, 5.41) is 5.56. The molecule has 0 aromatic carbocycles. The first kappa shape index (κ1) is 18.0. The molecule has 0 aromatic rings. The smallest absolute Gasteiger partial charge is 0.328 e. The highest BCUT2D eigenvalue weighted by atomic mass is 16.6. The van der Waals surface area contributed by atoms with Gasteiger partial charge in [0.15, 0.2) is 0 Å². The minimum absolute atomic E-state index is 0.137. The monoisotopic (exact) mass is 312 g/mol. The largest absolute Gasteiger partial charge is 0.467 e. The first-order valence-electron chi connectivity index (χ1n) is 7.21. The maximum absolute atomic E-state index is 11.9. The molecule has 0 aromatic heterocycles. The summed E-state index contributed by atoms with van der Waals surface area (Å²) in [6.07, 6.45) is 2.29. The van der Waals surface area contributed by atoms with Crippen LogP contribution in [-0.4, -0.2) is 43.6 Å². The molecule has 1 rings (SSSR count). The van der Waals surface area contributed by atoms with E-state index in [9.17, 15) is 14.4 Å². The van der Waals surface area contributed by atoms with Gasteiger partial charge in [0.1, 0.15) is 11.6 Å². The van der Waals surface area contributed by atoms with Crippen molar-refractivity contribution in [3.05, 3.63) is 11.3 Å². The number of nitrogens with one attached hydrogen (secondary N) is 2. The molecule has 2 N–H and O–H groups in total. The van der Waals surface area contributed by atoms with Crippen LogP contribution in [0.15, 0.2) is 11.3 Å². The van der Waals surface area contributed by atoms with Crippen molar-refractivity contribution in [1.82, 2.24) is 10.6 Å². The van der Waals surface area contributed by atoms with Gasteiger partial charge in [0.25, 0.3) is 0 Å². The molecule has 0 spiro atoms. The highest BCUT2D eigenvalue weighted by molar-refractivity contribution is 5.83. The third-order valence-corrected chi connectivity index (χ3v) is 2.91. The lowest BCUT2D eigenvalue weighted by atomic mass is 10.1. The molecule has 1 unspecified atom stereocenters. The predicted octanol–water partition coefficient (Wildman–Crippen LogP) is 0.643. The summed E-state index contributed by atoms with van der Waals surface area (Å²) in [7, 11) is 1.26. The van der Waals surface area contributed by atoms with Crippen LogP contribution in [0.25, 0.3) is 0 Å². The van der Waals surface area contributed by atoms with E-state index in [2.05, 4.69) is 10.6 Å². The van der Waals surface area contributed by atoms with Gasteiger partial charge in [-0.1, -0.05) is 0 Å². The number of carbonyl (C=O) groups is 3. The Morgan fingerprint density at radius 3 is 2.41 bits per heavy atom. The number of carbonyl (C=O) groups excluding carboxylic acids is 3. The van der Waals surface area contributed by atoms with E-state index in [1.54, 1.807) is 20.8 Å². The molecule has 1 amide bonds. The average Bonchev–Trinajstić information content (AvgIpc) is 3.23. The van der Waals surface area contributed by atoms with Crippen LogP contribution in [0.5, 0.6) is 0 Å². The Kier molecular flexibility index (Phi) is 6.39. The second-order valence-corrected chi connectivity index (χ2v) is 6.09. The maximum Gasteiger partial charge on any atom is 0.328 e. The lowest BCUT2D eigenvalue weighted by Crippen LogP contribution is -2.42. The van der Waals surface area contributed by atoms with E-state index < -0.39 is 23.6 Å². The summed E-state index contributed by atoms with van der Waals surface area (Å²) >= 11 is 0. The molecule has 1 aliphatic rings. The number of ether oxygens (including phenoxy) is 2. The van der Waals surface area contributed by atoms with Crippen LogP contribution in [0.3, 0.4) is 0 Å². The number of hydrogen-bond donors (Lipinski definition) is 2. The van der Waals surface area contributed by atoms with Crippen molar-refractivity contribution < 1.29 is 23.9 Å². The molecule has 1 fully saturated rings. The molecule has 22 heavy (non-hydrogen) atoms. The van der Waals surface area contributed by atoms with Crippen molar-refractivity contribution in [3.63, 3.8) is 0 Å². The van der Waals surface area contributed by atoms with Crippen molar-refractivity contribution in [2.24, 2.45) is 0 Å². The summed E-state index contributed by atoms with van der Waals surface area (Å²) in [4.78, 5) is 34.2. The van der Waals surface area contributed by atoms with E-state index in [4.69, 9.17) is 9.47 Å². The van der Waals surface area contributed by atoms with Crippen molar-refractivity contribution in [2.45, 2.75) is 51.7 Å². The van der Waals surface area contributed by atoms with Gasteiger partial charge in [0.05, 0.1) is 20.1 Å². The Balaban J connectivity index is 2.72. The van der Waals surface area contributed by atoms with Crippen molar-refractivity contribution in [3.8, 4) is 0 Å². The molecular formula is C15H24N2O5. The Morgan fingerprint density at radius 2 is 1.95 bits per heavy atom. The number of amides is 1. The zero-order valence-electron chi connectivity index (χ0n) is 13.5. The molecule has 0 bridgehead atoms. The summed E-state index contributed by atoms with van der Waals surface area (Å²) in [5.74, 6) is -1.03.